The van der Waals surface area contributed by atoms with Crippen LogP contribution in [0.3, 0.4) is 0 Å². The largest absolute Gasteiger partial charge is 0.309 e. The minimum atomic E-state index is -3.10. The van der Waals surface area contributed by atoms with E-state index >= 15 is 4.57 Å². The van der Waals surface area contributed by atoms with Crippen LogP contribution in [0.15, 0.2) is 224 Å². The standard InChI is InChI=1S/C59H37N2OP/c62-63(45-15-3-1-4-16-45,46-17-5-2-6-18-46)47-28-31-51-43(35-47)23-22-42-34-40(25-29-50(42)51)41-27-33-56-54(36-41)58-52-20-10-8-13-39(52)24-30-53(58)59-60-55-32-26-44(37-57(55)61(56)59)49-21-11-14-38-12-7-9-19-48(38)49/h1-37H. The molecule has 0 saturated heterocycles. The number of pyridine rings is 1. The first-order valence-electron chi connectivity index (χ1n) is 21.5. The Morgan fingerprint density at radius 3 is 1.71 bits per heavy atom. The molecule has 0 aliphatic rings. The molecule has 0 saturated carbocycles. The highest BCUT2D eigenvalue weighted by Crippen LogP contribution is 2.44. The van der Waals surface area contributed by atoms with Crippen molar-refractivity contribution in [2.24, 2.45) is 0 Å². The number of hydrogen-bond acceptors (Lipinski definition) is 2. The summed E-state index contributed by atoms with van der Waals surface area (Å²) >= 11 is 0. The molecule has 0 spiro atoms. The lowest BCUT2D eigenvalue weighted by Crippen LogP contribution is -2.24. The number of imidazole rings is 1. The third kappa shape index (κ3) is 5.47. The zero-order chi connectivity index (χ0) is 41.6. The number of benzene rings is 11. The summed E-state index contributed by atoms with van der Waals surface area (Å²) in [6.07, 6.45) is 0. The van der Waals surface area contributed by atoms with Crippen LogP contribution >= 0.6 is 7.14 Å². The van der Waals surface area contributed by atoms with E-state index in [9.17, 15) is 0 Å². The SMILES string of the molecule is O=P(c1ccccc1)(c1ccccc1)c1ccc2c(ccc3cc(-c4ccc5c(c4)c4c6ccccc6ccc4c4nc6ccc(-c7cccc8ccccc78)cc6n54)ccc32)c1. The molecule has 0 radical (unpaired) electrons. The van der Waals surface area contributed by atoms with Gasteiger partial charge in [0.15, 0.2) is 7.14 Å². The van der Waals surface area contributed by atoms with Crippen molar-refractivity contribution in [1.29, 1.82) is 0 Å². The van der Waals surface area contributed by atoms with Gasteiger partial charge in [-0.05, 0) is 108 Å². The van der Waals surface area contributed by atoms with Crippen LogP contribution in [-0.4, -0.2) is 9.38 Å². The fourth-order valence-electron chi connectivity index (χ4n) is 10.2. The number of fused-ring (bicyclic) bond motifs is 14. The van der Waals surface area contributed by atoms with E-state index in [1.807, 2.05) is 60.7 Å². The van der Waals surface area contributed by atoms with Crippen molar-refractivity contribution in [3.05, 3.63) is 224 Å². The lowest BCUT2D eigenvalue weighted by atomic mass is 9.94. The fraction of sp³-hybridized carbons (Fsp3) is 0. The molecule has 0 bridgehead atoms. The van der Waals surface area contributed by atoms with Crippen molar-refractivity contribution in [3.63, 3.8) is 0 Å². The van der Waals surface area contributed by atoms with Crippen molar-refractivity contribution in [2.75, 3.05) is 0 Å². The van der Waals surface area contributed by atoms with E-state index in [2.05, 4.69) is 168 Å². The maximum atomic E-state index is 15.2. The number of rotatable bonds is 5. The summed E-state index contributed by atoms with van der Waals surface area (Å²) in [6.45, 7) is 0. The summed E-state index contributed by atoms with van der Waals surface area (Å²) in [7, 11) is -3.10. The third-order valence-corrected chi connectivity index (χ3v) is 16.2. The van der Waals surface area contributed by atoms with Gasteiger partial charge in [0, 0.05) is 32.1 Å². The monoisotopic (exact) mass is 820 g/mol. The molecule has 0 atom stereocenters. The van der Waals surface area contributed by atoms with Crippen LogP contribution in [0.1, 0.15) is 0 Å². The molecule has 63 heavy (non-hydrogen) atoms. The van der Waals surface area contributed by atoms with Gasteiger partial charge in [-0.15, -0.1) is 0 Å². The van der Waals surface area contributed by atoms with Crippen LogP contribution in [0.2, 0.25) is 0 Å². The summed E-state index contributed by atoms with van der Waals surface area (Å²) in [6, 6.07) is 79.3. The van der Waals surface area contributed by atoms with Crippen molar-refractivity contribution in [2.45, 2.75) is 0 Å². The zero-order valence-electron chi connectivity index (χ0n) is 34.1. The smallest absolute Gasteiger partial charge is 0.171 e. The molecule has 2 heterocycles. The molecule has 0 aliphatic carbocycles. The van der Waals surface area contributed by atoms with Crippen molar-refractivity contribution in [3.8, 4) is 22.3 Å². The molecule has 294 valence electrons. The minimum Gasteiger partial charge on any atom is -0.309 e. The zero-order valence-corrected chi connectivity index (χ0v) is 35.0. The van der Waals surface area contributed by atoms with Gasteiger partial charge in [-0.1, -0.05) is 182 Å². The summed E-state index contributed by atoms with van der Waals surface area (Å²) in [4.78, 5) is 5.33. The van der Waals surface area contributed by atoms with E-state index in [1.54, 1.807) is 0 Å². The van der Waals surface area contributed by atoms with Crippen LogP contribution in [0, 0.1) is 0 Å². The second-order valence-electron chi connectivity index (χ2n) is 16.6. The summed E-state index contributed by atoms with van der Waals surface area (Å²) in [5.74, 6) is 0. The van der Waals surface area contributed by atoms with Crippen molar-refractivity contribution < 1.29 is 4.57 Å². The molecule has 4 heteroatoms. The maximum absolute atomic E-state index is 15.2. The Labute approximate surface area is 363 Å². The highest BCUT2D eigenvalue weighted by atomic mass is 31.2. The van der Waals surface area contributed by atoms with E-state index in [4.69, 9.17) is 4.98 Å². The average Bonchev–Trinajstić information content (AvgIpc) is 3.75. The number of nitrogens with zero attached hydrogens (tertiary/aromatic N) is 2. The summed E-state index contributed by atoms with van der Waals surface area (Å²) < 4.78 is 17.6. The van der Waals surface area contributed by atoms with Crippen molar-refractivity contribution >= 4 is 105 Å². The van der Waals surface area contributed by atoms with Crippen molar-refractivity contribution in [1.82, 2.24) is 9.38 Å². The average molecular weight is 821 g/mol. The molecule has 2 aromatic heterocycles. The predicted octanol–water partition coefficient (Wildman–Crippen LogP) is 14.4. The Hall–Kier alpha value is -7.84. The van der Waals surface area contributed by atoms with E-state index in [-0.39, 0.29) is 0 Å². The topological polar surface area (TPSA) is 34.4 Å². The molecule has 11 aromatic carbocycles. The summed E-state index contributed by atoms with van der Waals surface area (Å²) in [5, 5.41) is 15.5. The number of hydrogen-bond donors (Lipinski definition) is 0. The maximum Gasteiger partial charge on any atom is 0.171 e. The van der Waals surface area contributed by atoms with Gasteiger partial charge in [-0.25, -0.2) is 4.98 Å². The molecular weight excluding hydrogens is 784 g/mol. The van der Waals surface area contributed by atoms with Crippen LogP contribution in [0.25, 0.3) is 104 Å². The Balaban J connectivity index is 0.985. The Morgan fingerprint density at radius 2 is 0.937 bits per heavy atom. The molecule has 0 unspecified atom stereocenters. The van der Waals surface area contributed by atoms with E-state index in [0.29, 0.717) is 0 Å². The van der Waals surface area contributed by atoms with E-state index < -0.39 is 7.14 Å². The van der Waals surface area contributed by atoms with E-state index in [1.165, 1.54) is 48.8 Å². The molecular formula is C59H37N2OP. The molecule has 0 fully saturated rings. The van der Waals surface area contributed by atoms with Gasteiger partial charge in [0.25, 0.3) is 0 Å². The summed E-state index contributed by atoms with van der Waals surface area (Å²) in [5.41, 5.74) is 8.85. The number of aromatic nitrogens is 2. The second-order valence-corrected chi connectivity index (χ2v) is 19.4. The first kappa shape index (κ1) is 35.9. The predicted molar refractivity (Wildman–Crippen MR) is 268 cm³/mol. The molecule has 3 nitrogen and oxygen atoms in total. The minimum absolute atomic E-state index is 0.837. The second kappa shape index (κ2) is 13.8. The van der Waals surface area contributed by atoms with Gasteiger partial charge in [0.2, 0.25) is 0 Å². The van der Waals surface area contributed by atoms with Gasteiger partial charge in [-0.3, -0.25) is 4.40 Å². The van der Waals surface area contributed by atoms with Gasteiger partial charge in [0.05, 0.1) is 16.6 Å². The molecule has 13 rings (SSSR count). The third-order valence-electron chi connectivity index (χ3n) is 13.2. The first-order valence-corrected chi connectivity index (χ1v) is 23.2. The Kier molecular flexibility index (Phi) is 7.88. The lowest BCUT2D eigenvalue weighted by Gasteiger charge is -2.20. The van der Waals surface area contributed by atoms with Crippen LogP contribution < -0.4 is 15.9 Å². The van der Waals surface area contributed by atoms with Crippen LogP contribution in [-0.2, 0) is 4.57 Å². The molecule has 13 aromatic rings. The molecule has 0 N–H and O–H groups in total. The van der Waals surface area contributed by atoms with Crippen LogP contribution in [0.5, 0.6) is 0 Å². The molecule has 0 amide bonds. The Morgan fingerprint density at radius 1 is 0.349 bits per heavy atom. The van der Waals surface area contributed by atoms with Gasteiger partial charge >= 0.3 is 0 Å². The fourth-order valence-corrected chi connectivity index (χ4v) is 12.8. The van der Waals surface area contributed by atoms with E-state index in [0.717, 1.165) is 70.8 Å². The highest BCUT2D eigenvalue weighted by Gasteiger charge is 2.30. The lowest BCUT2D eigenvalue weighted by molar-refractivity contribution is 0.592. The van der Waals surface area contributed by atoms with Gasteiger partial charge in [0.1, 0.15) is 5.65 Å². The van der Waals surface area contributed by atoms with Gasteiger partial charge < -0.3 is 4.57 Å². The Bertz CT molecular complexity index is 4010. The molecule has 0 aliphatic heterocycles. The quantitative estimate of drug-likeness (QED) is 0.128. The highest BCUT2D eigenvalue weighted by molar-refractivity contribution is 7.85. The first-order chi connectivity index (χ1) is 31.1. The normalized spacial score (nSPS) is 12.2. The van der Waals surface area contributed by atoms with Crippen LogP contribution in [0.4, 0.5) is 0 Å². The van der Waals surface area contributed by atoms with Gasteiger partial charge in [-0.2, -0.15) is 0 Å².